The lowest BCUT2D eigenvalue weighted by atomic mass is 9.82. The Hall–Kier alpha value is -3.31. The van der Waals surface area contributed by atoms with Crippen molar-refractivity contribution in [1.29, 1.82) is 0 Å². The van der Waals surface area contributed by atoms with E-state index in [2.05, 4.69) is 13.8 Å². The number of carbonyl (C=O) groups excluding carboxylic acids is 3. The van der Waals surface area contributed by atoms with E-state index in [9.17, 15) is 14.4 Å². The van der Waals surface area contributed by atoms with Gasteiger partial charge in [-0.25, -0.2) is 4.79 Å². The Balaban J connectivity index is 1.02. The fraction of sp³-hybridized carbons (Fsp3) is 0.625. The van der Waals surface area contributed by atoms with Gasteiger partial charge in [0.25, 0.3) is 0 Å². The van der Waals surface area contributed by atoms with E-state index in [-0.39, 0.29) is 58.3 Å². The molecule has 50 heavy (non-hydrogen) atoms. The summed E-state index contributed by atoms with van der Waals surface area (Å²) in [6.45, 7) is 10.1. The lowest BCUT2D eigenvalue weighted by Crippen LogP contribution is -2.43. The third kappa shape index (κ3) is 9.93. The van der Waals surface area contributed by atoms with Crippen molar-refractivity contribution < 1.29 is 47.5 Å². The molecule has 0 bridgehead atoms. The van der Waals surface area contributed by atoms with E-state index in [1.54, 1.807) is 6.07 Å². The van der Waals surface area contributed by atoms with E-state index < -0.39 is 5.97 Å². The molecule has 0 N–H and O–H groups in total. The molecule has 10 heteroatoms. The number of carbonyl (C=O) groups is 3. The number of hydrogen-bond donors (Lipinski definition) is 0. The van der Waals surface area contributed by atoms with Gasteiger partial charge >= 0.3 is 17.9 Å². The second-order valence-corrected chi connectivity index (χ2v) is 15.6. The fourth-order valence-electron chi connectivity index (χ4n) is 7.15. The van der Waals surface area contributed by atoms with Crippen LogP contribution in [-0.2, 0) is 39.9 Å². The number of esters is 3. The molecule has 4 aliphatic rings. The predicted octanol–water partition coefficient (Wildman–Crippen LogP) is 6.57. The lowest BCUT2D eigenvalue weighted by molar-refractivity contribution is -0.144. The quantitative estimate of drug-likeness (QED) is 0.150. The Bertz CT molecular complexity index is 1430. The Morgan fingerprint density at radius 2 is 1.20 bits per heavy atom. The predicted molar refractivity (Wildman–Crippen MR) is 184 cm³/mol. The summed E-state index contributed by atoms with van der Waals surface area (Å²) < 4.78 is 39.8. The van der Waals surface area contributed by atoms with Crippen LogP contribution >= 0.6 is 0 Å². The Morgan fingerprint density at radius 3 is 1.70 bits per heavy atom. The maximum absolute atomic E-state index is 13.4. The largest absolute Gasteiger partial charge is 0.457 e. The van der Waals surface area contributed by atoms with E-state index >= 15 is 0 Å². The molecule has 2 aliphatic heterocycles. The molecule has 0 radical (unpaired) electrons. The van der Waals surface area contributed by atoms with Gasteiger partial charge in [-0.05, 0) is 87.0 Å². The zero-order chi connectivity index (χ0) is 35.0. The average Bonchev–Trinajstić information content (AvgIpc) is 3.10. The van der Waals surface area contributed by atoms with Gasteiger partial charge in [0.1, 0.15) is 23.7 Å². The van der Waals surface area contributed by atoms with Crippen molar-refractivity contribution in [1.82, 2.24) is 0 Å². The first-order valence-electron chi connectivity index (χ1n) is 18.3. The van der Waals surface area contributed by atoms with Crippen molar-refractivity contribution in [3.05, 3.63) is 59.7 Å². The molecule has 10 nitrogen and oxygen atoms in total. The SMILES string of the molecule is CC1(COCC2CCC(C(=O)Oc3ccc(OC(=O)C4CCC(COCC5(C)COC5)CC4)c(C(=O)OCc4ccccc4)c3)CC2)COC1. The molecule has 2 aromatic rings. The van der Waals surface area contributed by atoms with E-state index in [1.165, 1.54) is 12.1 Å². The van der Waals surface area contributed by atoms with Gasteiger partial charge < -0.3 is 33.2 Å². The highest BCUT2D eigenvalue weighted by molar-refractivity contribution is 5.94. The summed E-state index contributed by atoms with van der Waals surface area (Å²) >= 11 is 0. The summed E-state index contributed by atoms with van der Waals surface area (Å²) in [5.41, 5.74) is 1.11. The molecule has 2 aromatic carbocycles. The zero-order valence-corrected chi connectivity index (χ0v) is 29.5. The van der Waals surface area contributed by atoms with Crippen molar-refractivity contribution in [3.63, 3.8) is 0 Å². The Labute approximate surface area is 295 Å². The molecule has 6 rings (SSSR count). The third-order valence-corrected chi connectivity index (χ3v) is 10.6. The first-order chi connectivity index (χ1) is 24.2. The highest BCUT2D eigenvalue weighted by Gasteiger charge is 2.36. The number of benzene rings is 2. The summed E-state index contributed by atoms with van der Waals surface area (Å²) in [5.74, 6) is -0.736. The molecule has 2 saturated heterocycles. The molecule has 2 saturated carbocycles. The third-order valence-electron chi connectivity index (χ3n) is 10.6. The topological polar surface area (TPSA) is 116 Å². The summed E-state index contributed by atoms with van der Waals surface area (Å²) in [6, 6.07) is 13.9. The summed E-state index contributed by atoms with van der Waals surface area (Å²) in [6.07, 6.45) is 6.36. The van der Waals surface area contributed by atoms with Gasteiger partial charge in [-0.3, -0.25) is 9.59 Å². The standard InChI is InChI=1S/C40H52O10/c1-39(24-46-25-39)22-44-19-29-8-12-31(13-9-29)36(41)49-33-16-17-35(34(18-33)38(43)48-21-28-6-4-3-5-7-28)50-37(42)32-14-10-30(11-15-32)20-45-23-40(2)26-47-27-40/h3-7,16-18,29-32H,8-15,19-27H2,1-2H3. The number of hydrogen-bond acceptors (Lipinski definition) is 10. The van der Waals surface area contributed by atoms with Gasteiger partial charge in [-0.1, -0.05) is 44.2 Å². The van der Waals surface area contributed by atoms with Crippen LogP contribution in [0.15, 0.2) is 48.5 Å². The minimum Gasteiger partial charge on any atom is -0.457 e. The second-order valence-electron chi connectivity index (χ2n) is 15.6. The van der Waals surface area contributed by atoms with Crippen LogP contribution in [0.1, 0.15) is 81.1 Å². The van der Waals surface area contributed by atoms with Crippen LogP contribution in [-0.4, -0.2) is 70.8 Å². The molecule has 0 amide bonds. The van der Waals surface area contributed by atoms with Crippen molar-refractivity contribution in [2.24, 2.45) is 34.5 Å². The van der Waals surface area contributed by atoms with Crippen LogP contribution in [0.5, 0.6) is 11.5 Å². The van der Waals surface area contributed by atoms with E-state index in [0.717, 1.165) is 70.5 Å². The molecule has 272 valence electrons. The van der Waals surface area contributed by atoms with Crippen molar-refractivity contribution in [2.75, 3.05) is 52.9 Å². The van der Waals surface area contributed by atoms with Gasteiger partial charge in [0.2, 0.25) is 0 Å². The van der Waals surface area contributed by atoms with E-state index in [4.69, 9.17) is 33.2 Å². The number of rotatable bonds is 15. The molecule has 0 atom stereocenters. The van der Waals surface area contributed by atoms with Crippen LogP contribution in [0, 0.1) is 34.5 Å². The molecule has 2 aliphatic carbocycles. The molecule has 0 spiro atoms. The minimum atomic E-state index is -0.663. The normalized spacial score (nSPS) is 25.4. The maximum Gasteiger partial charge on any atom is 0.342 e. The Morgan fingerprint density at radius 1 is 0.680 bits per heavy atom. The fourth-order valence-corrected chi connectivity index (χ4v) is 7.15. The first-order valence-corrected chi connectivity index (χ1v) is 18.3. The lowest BCUT2D eigenvalue weighted by Gasteiger charge is -2.38. The average molecular weight is 693 g/mol. The van der Waals surface area contributed by atoms with Gasteiger partial charge in [0.05, 0.1) is 51.5 Å². The summed E-state index contributed by atoms with van der Waals surface area (Å²) in [5, 5.41) is 0. The second kappa shape index (κ2) is 16.8. The van der Waals surface area contributed by atoms with Gasteiger partial charge in [-0.2, -0.15) is 0 Å². The zero-order valence-electron chi connectivity index (χ0n) is 29.5. The number of ether oxygens (including phenoxy) is 7. The van der Waals surface area contributed by atoms with Gasteiger partial charge in [-0.15, -0.1) is 0 Å². The van der Waals surface area contributed by atoms with E-state index in [0.29, 0.717) is 51.1 Å². The molecule has 0 unspecified atom stereocenters. The van der Waals surface area contributed by atoms with Crippen LogP contribution in [0.25, 0.3) is 0 Å². The summed E-state index contributed by atoms with van der Waals surface area (Å²) in [4.78, 5) is 39.9. The molecular weight excluding hydrogens is 640 g/mol. The summed E-state index contributed by atoms with van der Waals surface area (Å²) in [7, 11) is 0. The van der Waals surface area contributed by atoms with Crippen molar-refractivity contribution >= 4 is 17.9 Å². The highest BCUT2D eigenvalue weighted by Crippen LogP contribution is 2.35. The van der Waals surface area contributed by atoms with Crippen molar-refractivity contribution in [2.45, 2.75) is 71.8 Å². The van der Waals surface area contributed by atoms with Gasteiger partial charge in [0, 0.05) is 24.0 Å². The Kier molecular flexibility index (Phi) is 12.3. The minimum absolute atomic E-state index is 0.0431. The van der Waals surface area contributed by atoms with Crippen LogP contribution in [0.4, 0.5) is 0 Å². The van der Waals surface area contributed by atoms with Crippen LogP contribution in [0.2, 0.25) is 0 Å². The molecule has 2 heterocycles. The monoisotopic (exact) mass is 692 g/mol. The smallest absolute Gasteiger partial charge is 0.342 e. The van der Waals surface area contributed by atoms with Crippen molar-refractivity contribution in [3.8, 4) is 11.5 Å². The maximum atomic E-state index is 13.4. The highest BCUT2D eigenvalue weighted by atomic mass is 16.6. The van der Waals surface area contributed by atoms with Crippen LogP contribution < -0.4 is 9.47 Å². The van der Waals surface area contributed by atoms with Gasteiger partial charge in [0.15, 0.2) is 0 Å². The molecule has 4 fully saturated rings. The molecular formula is C40H52O10. The van der Waals surface area contributed by atoms with Crippen LogP contribution in [0.3, 0.4) is 0 Å². The molecule has 0 aromatic heterocycles. The first kappa shape index (κ1) is 36.5. The van der Waals surface area contributed by atoms with E-state index in [1.807, 2.05) is 30.3 Å².